The maximum absolute atomic E-state index is 6.03. The zero-order chi connectivity index (χ0) is 13.2. The number of aryl methyl sites for hydroxylation is 2. The molecule has 5 nitrogen and oxygen atoms in total. The predicted octanol–water partition coefficient (Wildman–Crippen LogP) is 2.42. The lowest BCUT2D eigenvalue weighted by atomic mass is 9.83. The van der Waals surface area contributed by atoms with Gasteiger partial charge in [0.2, 0.25) is 0 Å². The molecule has 0 aliphatic heterocycles. The van der Waals surface area contributed by atoms with Crippen molar-refractivity contribution in [1.82, 2.24) is 20.2 Å². The van der Waals surface area contributed by atoms with E-state index in [-0.39, 0.29) is 0 Å². The number of hydrogen-bond donors (Lipinski definition) is 1. The van der Waals surface area contributed by atoms with Crippen LogP contribution in [0, 0.1) is 12.8 Å². The molecule has 0 radical (unpaired) electrons. The van der Waals surface area contributed by atoms with Crippen molar-refractivity contribution < 1.29 is 0 Å². The van der Waals surface area contributed by atoms with Crippen molar-refractivity contribution in [3.63, 3.8) is 0 Å². The summed E-state index contributed by atoms with van der Waals surface area (Å²) in [6, 6.07) is 5.96. The molecule has 1 aromatic heterocycles. The number of nitrogens with zero attached hydrogens (tertiary/aromatic N) is 4. The van der Waals surface area contributed by atoms with Gasteiger partial charge in [-0.15, -0.1) is 5.10 Å². The number of anilines is 1. The van der Waals surface area contributed by atoms with Gasteiger partial charge in [0.1, 0.15) is 0 Å². The highest BCUT2D eigenvalue weighted by Gasteiger charge is 2.19. The summed E-state index contributed by atoms with van der Waals surface area (Å²) in [7, 11) is 0. The van der Waals surface area contributed by atoms with E-state index in [1.807, 2.05) is 29.8 Å². The van der Waals surface area contributed by atoms with E-state index in [1.165, 1.54) is 19.3 Å². The number of hydrogen-bond acceptors (Lipinski definition) is 4. The molecule has 2 N–H and O–H groups in total. The number of nitrogens with two attached hydrogens (primary N) is 1. The minimum atomic E-state index is 0.727. The summed E-state index contributed by atoms with van der Waals surface area (Å²) in [6.07, 6.45) is 5.23. The lowest BCUT2D eigenvalue weighted by Gasteiger charge is -2.25. The first-order chi connectivity index (χ1) is 9.24. The minimum Gasteiger partial charge on any atom is -0.398 e. The molecule has 1 aromatic carbocycles. The Labute approximate surface area is 112 Å². The Morgan fingerprint density at radius 3 is 2.95 bits per heavy atom. The molecule has 1 aliphatic rings. The first-order valence-electron chi connectivity index (χ1n) is 6.86. The highest BCUT2D eigenvalue weighted by molar-refractivity contribution is 5.71. The van der Waals surface area contributed by atoms with Crippen LogP contribution in [-0.2, 0) is 6.54 Å². The van der Waals surface area contributed by atoms with E-state index < -0.39 is 0 Å². The van der Waals surface area contributed by atoms with Crippen LogP contribution in [0.15, 0.2) is 18.2 Å². The van der Waals surface area contributed by atoms with Crippen LogP contribution in [0.3, 0.4) is 0 Å². The summed E-state index contributed by atoms with van der Waals surface area (Å²) in [4.78, 5) is 0. The second kappa shape index (κ2) is 4.99. The Bertz CT molecular complexity index is 571. The molecule has 0 amide bonds. The third kappa shape index (κ3) is 2.45. The van der Waals surface area contributed by atoms with E-state index in [1.54, 1.807) is 0 Å². The standard InChI is InChI=1S/C14H19N5/c1-10-5-6-13(15)12(9-10)14-16-17-18-19(14)8-7-11-3-2-4-11/h5-6,9,11H,2-4,7-8,15H2,1H3. The van der Waals surface area contributed by atoms with Crippen molar-refractivity contribution in [1.29, 1.82) is 0 Å². The van der Waals surface area contributed by atoms with E-state index >= 15 is 0 Å². The molecular formula is C14H19N5. The summed E-state index contributed by atoms with van der Waals surface area (Å²) in [6.45, 7) is 2.92. The van der Waals surface area contributed by atoms with Crippen LogP contribution in [0.25, 0.3) is 11.4 Å². The number of aromatic nitrogens is 4. The molecule has 0 unspecified atom stereocenters. The summed E-state index contributed by atoms with van der Waals surface area (Å²) in [5, 5.41) is 12.0. The molecule has 100 valence electrons. The molecule has 0 atom stereocenters. The minimum absolute atomic E-state index is 0.727. The molecule has 1 heterocycles. The molecule has 2 aromatic rings. The molecule has 1 aliphatic carbocycles. The van der Waals surface area contributed by atoms with Crippen LogP contribution >= 0.6 is 0 Å². The molecule has 0 bridgehead atoms. The van der Waals surface area contributed by atoms with Gasteiger partial charge in [-0.3, -0.25) is 0 Å². The summed E-state index contributed by atoms with van der Waals surface area (Å²) in [5.74, 6) is 1.63. The van der Waals surface area contributed by atoms with Crippen LogP contribution in [0.2, 0.25) is 0 Å². The van der Waals surface area contributed by atoms with Crippen molar-refractivity contribution in [2.75, 3.05) is 5.73 Å². The van der Waals surface area contributed by atoms with Crippen molar-refractivity contribution in [2.24, 2.45) is 5.92 Å². The van der Waals surface area contributed by atoms with Gasteiger partial charge in [0.05, 0.1) is 0 Å². The highest BCUT2D eigenvalue weighted by atomic mass is 15.5. The van der Waals surface area contributed by atoms with Crippen LogP contribution in [0.1, 0.15) is 31.2 Å². The molecule has 1 fully saturated rings. The second-order valence-electron chi connectivity index (χ2n) is 5.40. The average molecular weight is 257 g/mol. The summed E-state index contributed by atoms with van der Waals surface area (Å²) in [5.41, 5.74) is 8.85. The Morgan fingerprint density at radius 1 is 1.37 bits per heavy atom. The molecule has 1 saturated carbocycles. The van der Waals surface area contributed by atoms with Gasteiger partial charge < -0.3 is 5.73 Å². The van der Waals surface area contributed by atoms with Gasteiger partial charge in [0.25, 0.3) is 0 Å². The SMILES string of the molecule is Cc1ccc(N)c(-c2nnnn2CCC2CCC2)c1. The summed E-state index contributed by atoms with van der Waals surface area (Å²) >= 11 is 0. The van der Waals surface area contributed by atoms with Crippen molar-refractivity contribution >= 4 is 5.69 Å². The Hall–Kier alpha value is -1.91. The van der Waals surface area contributed by atoms with Crippen molar-refractivity contribution in [3.8, 4) is 11.4 Å². The van der Waals surface area contributed by atoms with Gasteiger partial charge in [-0.1, -0.05) is 30.9 Å². The monoisotopic (exact) mass is 257 g/mol. The van der Waals surface area contributed by atoms with E-state index in [0.717, 1.165) is 41.5 Å². The predicted molar refractivity (Wildman–Crippen MR) is 74.4 cm³/mol. The van der Waals surface area contributed by atoms with E-state index in [9.17, 15) is 0 Å². The van der Waals surface area contributed by atoms with Gasteiger partial charge in [0, 0.05) is 17.8 Å². The van der Waals surface area contributed by atoms with E-state index in [4.69, 9.17) is 5.73 Å². The fourth-order valence-corrected chi connectivity index (χ4v) is 2.50. The molecule has 5 heteroatoms. The summed E-state index contributed by atoms with van der Waals surface area (Å²) < 4.78 is 1.88. The second-order valence-corrected chi connectivity index (χ2v) is 5.40. The largest absolute Gasteiger partial charge is 0.398 e. The molecule has 19 heavy (non-hydrogen) atoms. The molecule has 0 spiro atoms. The fourth-order valence-electron chi connectivity index (χ4n) is 2.50. The highest BCUT2D eigenvalue weighted by Crippen LogP contribution is 2.30. The maximum atomic E-state index is 6.03. The van der Waals surface area contributed by atoms with Gasteiger partial charge in [-0.25, -0.2) is 4.68 Å². The molecule has 3 rings (SSSR count). The smallest absolute Gasteiger partial charge is 0.184 e. The number of rotatable bonds is 4. The third-order valence-corrected chi connectivity index (χ3v) is 3.96. The molecular weight excluding hydrogens is 238 g/mol. The topological polar surface area (TPSA) is 69.6 Å². The fraction of sp³-hybridized carbons (Fsp3) is 0.500. The average Bonchev–Trinajstić information content (AvgIpc) is 2.78. The van der Waals surface area contributed by atoms with Crippen molar-refractivity contribution in [2.45, 2.75) is 39.2 Å². The van der Waals surface area contributed by atoms with Crippen LogP contribution in [-0.4, -0.2) is 20.2 Å². The first kappa shape index (κ1) is 12.1. The van der Waals surface area contributed by atoms with E-state index in [2.05, 4.69) is 15.5 Å². The van der Waals surface area contributed by atoms with Gasteiger partial charge in [0.15, 0.2) is 5.82 Å². The van der Waals surface area contributed by atoms with Gasteiger partial charge in [-0.2, -0.15) is 0 Å². The number of nitrogen functional groups attached to an aromatic ring is 1. The van der Waals surface area contributed by atoms with Gasteiger partial charge >= 0.3 is 0 Å². The maximum Gasteiger partial charge on any atom is 0.184 e. The normalized spacial score (nSPS) is 15.4. The lowest BCUT2D eigenvalue weighted by molar-refractivity contribution is 0.277. The molecule has 0 saturated heterocycles. The van der Waals surface area contributed by atoms with Crippen LogP contribution in [0.5, 0.6) is 0 Å². The van der Waals surface area contributed by atoms with Crippen LogP contribution < -0.4 is 5.73 Å². The van der Waals surface area contributed by atoms with Crippen molar-refractivity contribution in [3.05, 3.63) is 23.8 Å². The Morgan fingerprint density at radius 2 is 2.21 bits per heavy atom. The zero-order valence-corrected chi connectivity index (χ0v) is 11.2. The zero-order valence-electron chi connectivity index (χ0n) is 11.2. The Balaban J connectivity index is 1.83. The number of tetrazole rings is 1. The number of benzene rings is 1. The van der Waals surface area contributed by atoms with Gasteiger partial charge in [-0.05, 0) is 41.8 Å². The third-order valence-electron chi connectivity index (χ3n) is 3.96. The lowest BCUT2D eigenvalue weighted by Crippen LogP contribution is -2.15. The first-order valence-corrected chi connectivity index (χ1v) is 6.86. The van der Waals surface area contributed by atoms with E-state index in [0.29, 0.717) is 0 Å². The van der Waals surface area contributed by atoms with Crippen LogP contribution in [0.4, 0.5) is 5.69 Å². The quantitative estimate of drug-likeness (QED) is 0.854. The Kier molecular flexibility index (Phi) is 3.19.